The zero-order chi connectivity index (χ0) is 18.1. The second-order valence-electron chi connectivity index (χ2n) is 6.75. The minimum Gasteiger partial charge on any atom is -0.389 e. The van der Waals surface area contributed by atoms with Crippen molar-refractivity contribution >= 4 is 11.0 Å². The monoisotopic (exact) mass is 346 g/mol. The molecule has 4 rings (SSSR count). The van der Waals surface area contributed by atoms with Crippen molar-refractivity contribution < 1.29 is 5.11 Å². The van der Waals surface area contributed by atoms with E-state index in [0.29, 0.717) is 13.1 Å². The van der Waals surface area contributed by atoms with Gasteiger partial charge in [-0.1, -0.05) is 30.3 Å². The van der Waals surface area contributed by atoms with Crippen LogP contribution in [0.4, 0.5) is 0 Å². The summed E-state index contributed by atoms with van der Waals surface area (Å²) in [5, 5.41) is 10.7. The molecule has 4 aromatic rings. The van der Waals surface area contributed by atoms with E-state index in [1.807, 2.05) is 45.7 Å². The standard InChI is InChI=1S/C21H22N4O/c1-15-10-19-20(11-16(15)2)25(14-23-19)13-18(26)12-24-9-8-22-21(24)17-6-4-3-5-7-17/h3-11,14,18,26H,12-13H2,1-2H3. The third-order valence-electron chi connectivity index (χ3n) is 4.80. The van der Waals surface area contributed by atoms with Crippen molar-refractivity contribution in [2.75, 3.05) is 0 Å². The second-order valence-corrected chi connectivity index (χ2v) is 6.75. The number of rotatable bonds is 5. The van der Waals surface area contributed by atoms with E-state index in [1.54, 1.807) is 12.5 Å². The van der Waals surface area contributed by atoms with Crippen LogP contribution in [0.5, 0.6) is 0 Å². The molecule has 0 spiro atoms. The predicted molar refractivity (Wildman–Crippen MR) is 103 cm³/mol. The summed E-state index contributed by atoms with van der Waals surface area (Å²) in [7, 11) is 0. The maximum atomic E-state index is 10.7. The first-order valence-electron chi connectivity index (χ1n) is 8.78. The Kier molecular flexibility index (Phi) is 4.31. The van der Waals surface area contributed by atoms with Gasteiger partial charge in [0.1, 0.15) is 5.82 Å². The molecule has 2 aromatic heterocycles. The van der Waals surface area contributed by atoms with Crippen molar-refractivity contribution in [3.63, 3.8) is 0 Å². The van der Waals surface area contributed by atoms with Gasteiger partial charge in [0.25, 0.3) is 0 Å². The third-order valence-corrected chi connectivity index (χ3v) is 4.80. The van der Waals surface area contributed by atoms with Crippen LogP contribution in [0.3, 0.4) is 0 Å². The van der Waals surface area contributed by atoms with Crippen molar-refractivity contribution in [1.29, 1.82) is 0 Å². The lowest BCUT2D eigenvalue weighted by molar-refractivity contribution is 0.136. The quantitative estimate of drug-likeness (QED) is 0.601. The first kappa shape index (κ1) is 16.5. The van der Waals surface area contributed by atoms with E-state index in [-0.39, 0.29) is 0 Å². The molecule has 5 nitrogen and oxygen atoms in total. The van der Waals surface area contributed by atoms with E-state index in [4.69, 9.17) is 0 Å². The van der Waals surface area contributed by atoms with E-state index < -0.39 is 6.10 Å². The molecule has 0 saturated carbocycles. The highest BCUT2D eigenvalue weighted by molar-refractivity contribution is 5.77. The number of aryl methyl sites for hydroxylation is 2. The van der Waals surface area contributed by atoms with Crippen molar-refractivity contribution in [2.45, 2.75) is 33.0 Å². The molecule has 2 heterocycles. The number of fused-ring (bicyclic) bond motifs is 1. The first-order valence-corrected chi connectivity index (χ1v) is 8.78. The maximum absolute atomic E-state index is 10.7. The molecule has 0 aliphatic carbocycles. The van der Waals surface area contributed by atoms with Gasteiger partial charge in [0, 0.05) is 18.0 Å². The van der Waals surface area contributed by atoms with Crippen LogP contribution >= 0.6 is 0 Å². The summed E-state index contributed by atoms with van der Waals surface area (Å²) in [4.78, 5) is 8.91. The fourth-order valence-electron chi connectivity index (χ4n) is 3.27. The lowest BCUT2D eigenvalue weighted by Gasteiger charge is -2.15. The van der Waals surface area contributed by atoms with Gasteiger partial charge < -0.3 is 14.2 Å². The number of hydrogen-bond donors (Lipinski definition) is 1. The Labute approximate surface area is 152 Å². The van der Waals surface area contributed by atoms with E-state index in [9.17, 15) is 5.11 Å². The average molecular weight is 346 g/mol. The van der Waals surface area contributed by atoms with Crippen LogP contribution in [0, 0.1) is 13.8 Å². The van der Waals surface area contributed by atoms with Gasteiger partial charge in [0.15, 0.2) is 0 Å². The molecular weight excluding hydrogens is 324 g/mol. The number of aromatic nitrogens is 4. The van der Waals surface area contributed by atoms with Gasteiger partial charge in [-0.15, -0.1) is 0 Å². The molecule has 0 aliphatic rings. The molecule has 0 radical (unpaired) electrons. The summed E-state index contributed by atoms with van der Waals surface area (Å²) < 4.78 is 4.01. The minimum absolute atomic E-state index is 0.481. The summed E-state index contributed by atoms with van der Waals surface area (Å²) in [6.45, 7) is 5.16. The maximum Gasteiger partial charge on any atom is 0.139 e. The Morgan fingerprint density at radius 2 is 1.69 bits per heavy atom. The van der Waals surface area contributed by atoms with Crippen LogP contribution in [-0.2, 0) is 13.1 Å². The summed E-state index contributed by atoms with van der Waals surface area (Å²) >= 11 is 0. The van der Waals surface area contributed by atoms with Crippen molar-refractivity contribution in [1.82, 2.24) is 19.1 Å². The fraction of sp³-hybridized carbons (Fsp3) is 0.238. The Hall–Kier alpha value is -2.92. The molecule has 1 unspecified atom stereocenters. The molecule has 0 fully saturated rings. The largest absolute Gasteiger partial charge is 0.389 e. The van der Waals surface area contributed by atoms with E-state index in [1.165, 1.54) is 11.1 Å². The SMILES string of the molecule is Cc1cc2ncn(CC(O)Cn3ccnc3-c3ccccc3)c2cc1C. The van der Waals surface area contributed by atoms with E-state index >= 15 is 0 Å². The molecule has 2 aromatic carbocycles. The molecule has 5 heteroatoms. The topological polar surface area (TPSA) is 55.9 Å². The highest BCUT2D eigenvalue weighted by atomic mass is 16.3. The molecule has 132 valence electrons. The normalized spacial score (nSPS) is 12.6. The summed E-state index contributed by atoms with van der Waals surface area (Å²) in [6.07, 6.45) is 4.95. The van der Waals surface area contributed by atoms with Gasteiger partial charge in [-0.2, -0.15) is 0 Å². The molecule has 0 amide bonds. The van der Waals surface area contributed by atoms with Gasteiger partial charge in [-0.25, -0.2) is 9.97 Å². The number of aliphatic hydroxyl groups is 1. The molecule has 0 saturated heterocycles. The summed E-state index contributed by atoms with van der Waals surface area (Å²) in [5.74, 6) is 0.867. The minimum atomic E-state index is -0.536. The smallest absolute Gasteiger partial charge is 0.139 e. The molecule has 26 heavy (non-hydrogen) atoms. The second kappa shape index (κ2) is 6.77. The van der Waals surface area contributed by atoms with Gasteiger partial charge in [-0.05, 0) is 37.1 Å². The van der Waals surface area contributed by atoms with Crippen LogP contribution in [0.2, 0.25) is 0 Å². The lowest BCUT2D eigenvalue weighted by atomic mass is 10.1. The average Bonchev–Trinajstić information content (AvgIpc) is 3.24. The van der Waals surface area contributed by atoms with Gasteiger partial charge >= 0.3 is 0 Å². The van der Waals surface area contributed by atoms with Gasteiger partial charge in [0.2, 0.25) is 0 Å². The molecule has 1 atom stereocenters. The highest BCUT2D eigenvalue weighted by Crippen LogP contribution is 2.20. The first-order chi connectivity index (χ1) is 12.6. The fourth-order valence-corrected chi connectivity index (χ4v) is 3.27. The van der Waals surface area contributed by atoms with Crippen LogP contribution in [-0.4, -0.2) is 30.3 Å². The number of hydrogen-bond acceptors (Lipinski definition) is 3. The zero-order valence-corrected chi connectivity index (χ0v) is 15.0. The summed E-state index contributed by atoms with van der Waals surface area (Å²) in [5.41, 5.74) is 5.53. The third kappa shape index (κ3) is 3.13. The summed E-state index contributed by atoms with van der Waals surface area (Å²) in [6, 6.07) is 14.3. The van der Waals surface area contributed by atoms with E-state index in [2.05, 4.69) is 35.9 Å². The van der Waals surface area contributed by atoms with Crippen molar-refractivity contribution in [3.05, 3.63) is 72.3 Å². The van der Waals surface area contributed by atoms with Gasteiger partial charge in [0.05, 0.1) is 36.6 Å². The predicted octanol–water partition coefficient (Wildman–Crippen LogP) is 3.58. The van der Waals surface area contributed by atoms with Gasteiger partial charge in [-0.3, -0.25) is 0 Å². The van der Waals surface area contributed by atoms with Crippen molar-refractivity contribution in [2.24, 2.45) is 0 Å². The van der Waals surface area contributed by atoms with Crippen molar-refractivity contribution in [3.8, 4) is 11.4 Å². The molecule has 0 aliphatic heterocycles. The number of benzene rings is 2. The number of aliphatic hydroxyl groups excluding tert-OH is 1. The molecule has 1 N–H and O–H groups in total. The van der Waals surface area contributed by atoms with E-state index in [0.717, 1.165) is 22.4 Å². The Bertz CT molecular complexity index is 1030. The molecule has 0 bridgehead atoms. The molecular formula is C21H22N4O. The number of nitrogens with zero attached hydrogens (tertiary/aromatic N) is 4. The van der Waals surface area contributed by atoms with Crippen LogP contribution in [0.25, 0.3) is 22.4 Å². The highest BCUT2D eigenvalue weighted by Gasteiger charge is 2.13. The number of imidazole rings is 2. The Morgan fingerprint density at radius 3 is 2.50 bits per heavy atom. The van der Waals surface area contributed by atoms with Crippen LogP contribution in [0.15, 0.2) is 61.2 Å². The Balaban J connectivity index is 1.55. The lowest BCUT2D eigenvalue weighted by Crippen LogP contribution is -2.22. The van der Waals surface area contributed by atoms with Crippen LogP contribution < -0.4 is 0 Å². The van der Waals surface area contributed by atoms with Crippen LogP contribution in [0.1, 0.15) is 11.1 Å². The Morgan fingerprint density at radius 1 is 0.962 bits per heavy atom. The zero-order valence-electron chi connectivity index (χ0n) is 15.0.